The summed E-state index contributed by atoms with van der Waals surface area (Å²) in [7, 11) is -9.97. The molecule has 2 bridgehead atoms. The van der Waals surface area contributed by atoms with Crippen LogP contribution in [0.4, 0.5) is 0 Å². The van der Waals surface area contributed by atoms with Gasteiger partial charge >= 0.3 is 0 Å². The second kappa shape index (κ2) is 10.1. The Morgan fingerprint density at radius 2 is 1.81 bits per heavy atom. The lowest BCUT2D eigenvalue weighted by Crippen LogP contribution is -2.53. The Morgan fingerprint density at radius 1 is 1.11 bits per heavy atom. The Hall–Kier alpha value is -1.74. The van der Waals surface area contributed by atoms with Crippen molar-refractivity contribution in [3.05, 3.63) is 64.9 Å². The number of fused-ring (bicyclic) bond motifs is 2. The molecular weight excluding hydrogens is 527 g/mol. The zero-order valence-electron chi connectivity index (χ0n) is 22.2. The van der Waals surface area contributed by atoms with Gasteiger partial charge in [-0.3, -0.25) is 4.84 Å². The van der Waals surface area contributed by atoms with Crippen molar-refractivity contribution in [3.63, 3.8) is 0 Å². The Bertz CT molecular complexity index is 1370. The van der Waals surface area contributed by atoms with Crippen LogP contribution in [0.1, 0.15) is 46.5 Å². The molecule has 4 atom stereocenters. The molecule has 37 heavy (non-hydrogen) atoms. The third kappa shape index (κ3) is 5.14. The first-order valence-electron chi connectivity index (χ1n) is 12.7. The summed E-state index contributed by atoms with van der Waals surface area (Å²) in [6.45, 7) is 11.7. The zero-order valence-corrected chi connectivity index (χ0v) is 24.9. The molecule has 0 amide bonds. The van der Waals surface area contributed by atoms with Crippen molar-refractivity contribution in [2.75, 3.05) is 13.2 Å². The molecular formula is C27H37NO6S2Si. The van der Waals surface area contributed by atoms with Crippen LogP contribution in [0, 0.1) is 0 Å². The van der Waals surface area contributed by atoms with Crippen LogP contribution < -0.4 is 0 Å². The second-order valence-corrected chi connectivity index (χ2v) is 20.6. The molecule has 4 unspecified atom stereocenters. The number of piperidine rings is 1. The van der Waals surface area contributed by atoms with E-state index >= 15 is 0 Å². The molecule has 1 aromatic carbocycles. The van der Waals surface area contributed by atoms with Crippen LogP contribution >= 0.6 is 0 Å². The lowest BCUT2D eigenvalue weighted by Gasteiger charge is -2.36. The number of allylic oxidation sites excluding steroid dienone is 3. The van der Waals surface area contributed by atoms with Gasteiger partial charge in [-0.2, -0.15) is 5.06 Å². The molecule has 0 aromatic heterocycles. The number of hydroxylamine groups is 2. The minimum absolute atomic E-state index is 0.00423. The summed E-state index contributed by atoms with van der Waals surface area (Å²) in [5.74, 6) is 0. The maximum atomic E-state index is 14.0. The fraction of sp³-hybridized carbons (Fsp3) is 0.556. The SMILES string of the molecule is CC(C)(C)[Si](C)(C)OCCCCC1CC2(S(=O)(=O)C3=CC=C=C=C3)ON1CC2S(=O)(=O)c1ccccc1. The van der Waals surface area contributed by atoms with E-state index in [0.717, 1.165) is 12.8 Å². The number of rotatable bonds is 10. The zero-order chi connectivity index (χ0) is 27.1. The summed E-state index contributed by atoms with van der Waals surface area (Å²) >= 11 is 0. The first kappa shape index (κ1) is 28.3. The lowest BCUT2D eigenvalue weighted by molar-refractivity contribution is -0.124. The molecule has 2 aliphatic heterocycles. The maximum absolute atomic E-state index is 14.0. The Morgan fingerprint density at radius 3 is 2.43 bits per heavy atom. The smallest absolute Gasteiger partial charge is 0.214 e. The van der Waals surface area contributed by atoms with Gasteiger partial charge in [-0.1, -0.05) is 50.4 Å². The fourth-order valence-corrected chi connectivity index (χ4v) is 10.4. The van der Waals surface area contributed by atoms with Gasteiger partial charge < -0.3 is 4.43 Å². The van der Waals surface area contributed by atoms with Crippen molar-refractivity contribution in [2.45, 2.75) is 85.7 Å². The summed E-state index contributed by atoms with van der Waals surface area (Å²) in [4.78, 5) is 4.28. The Kier molecular flexibility index (Phi) is 7.71. The fourth-order valence-electron chi connectivity index (χ4n) is 4.83. The van der Waals surface area contributed by atoms with E-state index in [2.05, 4.69) is 45.3 Å². The van der Waals surface area contributed by atoms with E-state index in [1.54, 1.807) is 23.3 Å². The maximum Gasteiger partial charge on any atom is 0.214 e. The highest BCUT2D eigenvalue weighted by molar-refractivity contribution is 7.99. The molecule has 1 aromatic rings. The van der Waals surface area contributed by atoms with Gasteiger partial charge in [0.1, 0.15) is 5.25 Å². The molecule has 0 saturated carbocycles. The van der Waals surface area contributed by atoms with E-state index in [-0.39, 0.29) is 33.8 Å². The van der Waals surface area contributed by atoms with Gasteiger partial charge in [0, 0.05) is 31.7 Å². The average Bonchev–Trinajstić information content (AvgIpc) is 3.42. The van der Waals surface area contributed by atoms with Gasteiger partial charge in [0.15, 0.2) is 18.2 Å². The van der Waals surface area contributed by atoms with Crippen molar-refractivity contribution >= 4 is 28.0 Å². The third-order valence-corrected chi connectivity index (χ3v) is 17.3. The summed E-state index contributed by atoms with van der Waals surface area (Å²) in [6, 6.07) is 7.82. The number of hydrogen-bond donors (Lipinski definition) is 0. The Balaban J connectivity index is 1.54. The van der Waals surface area contributed by atoms with E-state index in [4.69, 9.17) is 9.26 Å². The van der Waals surface area contributed by atoms with Crippen LogP contribution in [-0.4, -0.2) is 59.6 Å². The van der Waals surface area contributed by atoms with Crippen molar-refractivity contribution in [2.24, 2.45) is 0 Å². The summed E-state index contributed by atoms with van der Waals surface area (Å²) < 4.78 is 61.6. The van der Waals surface area contributed by atoms with Crippen molar-refractivity contribution in [1.29, 1.82) is 0 Å². The van der Waals surface area contributed by atoms with E-state index in [1.807, 2.05) is 0 Å². The second-order valence-electron chi connectivity index (χ2n) is 11.5. The summed E-state index contributed by atoms with van der Waals surface area (Å²) in [5, 5.41) is 0.495. The van der Waals surface area contributed by atoms with E-state index < -0.39 is 38.2 Å². The van der Waals surface area contributed by atoms with Gasteiger partial charge in [0.25, 0.3) is 0 Å². The number of sulfone groups is 2. The van der Waals surface area contributed by atoms with Crippen molar-refractivity contribution in [1.82, 2.24) is 5.06 Å². The molecule has 0 radical (unpaired) electrons. The van der Waals surface area contributed by atoms with Crippen LogP contribution in [0.25, 0.3) is 0 Å². The predicted octanol–water partition coefficient (Wildman–Crippen LogP) is 4.92. The van der Waals surface area contributed by atoms with E-state index in [9.17, 15) is 16.8 Å². The van der Waals surface area contributed by atoms with Gasteiger partial charge in [0.2, 0.25) is 14.8 Å². The van der Waals surface area contributed by atoms with E-state index in [1.165, 1.54) is 30.4 Å². The molecule has 2 saturated heterocycles. The van der Waals surface area contributed by atoms with Gasteiger partial charge in [-0.15, -0.1) is 0 Å². The molecule has 2 fully saturated rings. The molecule has 4 rings (SSSR count). The molecule has 1 aliphatic carbocycles. The van der Waals surface area contributed by atoms with Crippen LogP contribution in [0.2, 0.25) is 18.1 Å². The molecule has 3 aliphatic rings. The number of unbranched alkanes of at least 4 members (excludes halogenated alkanes) is 1. The number of benzene rings is 1. The van der Waals surface area contributed by atoms with Gasteiger partial charge in [0.05, 0.1) is 9.80 Å². The largest absolute Gasteiger partial charge is 0.417 e. The normalized spacial score (nSPS) is 27.6. The van der Waals surface area contributed by atoms with Crippen LogP contribution in [0.3, 0.4) is 0 Å². The van der Waals surface area contributed by atoms with Gasteiger partial charge in [-0.05, 0) is 61.7 Å². The first-order chi connectivity index (χ1) is 17.2. The molecule has 10 heteroatoms. The van der Waals surface area contributed by atoms with Gasteiger partial charge in [-0.25, -0.2) is 16.8 Å². The molecule has 202 valence electrons. The quantitative estimate of drug-likeness (QED) is 0.227. The van der Waals surface area contributed by atoms with Crippen LogP contribution in [0.5, 0.6) is 0 Å². The van der Waals surface area contributed by atoms with Crippen molar-refractivity contribution in [3.8, 4) is 0 Å². The predicted molar refractivity (Wildman–Crippen MR) is 147 cm³/mol. The Labute approximate surface area is 222 Å². The number of hydrogen-bond acceptors (Lipinski definition) is 7. The average molecular weight is 564 g/mol. The van der Waals surface area contributed by atoms with E-state index in [0.29, 0.717) is 13.0 Å². The molecule has 7 nitrogen and oxygen atoms in total. The minimum atomic E-state index is -4.17. The highest BCUT2D eigenvalue weighted by atomic mass is 32.2. The standard InChI is InChI=1S/C27H37NO6S2Si/c1-26(2,3)37(4,5)33-19-13-12-14-22-20-27(36(31,32)24-17-10-7-11-18-24)25(21-28(22)34-27)35(29,30)23-15-8-6-9-16-23/h6,8-10,15-18,22,25H,12-14,19-21H2,1-5H3. The lowest BCUT2D eigenvalue weighted by atomic mass is 9.98. The molecule has 0 spiro atoms. The summed E-state index contributed by atoms with van der Waals surface area (Å²) in [5.41, 5.74) is 5.38. The third-order valence-electron chi connectivity index (χ3n) is 8.08. The van der Waals surface area contributed by atoms with Crippen LogP contribution in [0.15, 0.2) is 69.8 Å². The monoisotopic (exact) mass is 563 g/mol. The minimum Gasteiger partial charge on any atom is -0.417 e. The highest BCUT2D eigenvalue weighted by Gasteiger charge is 2.69. The van der Waals surface area contributed by atoms with Crippen LogP contribution in [-0.2, 0) is 28.9 Å². The number of nitrogens with zero attached hydrogens (tertiary/aromatic N) is 1. The topological polar surface area (TPSA) is 90.0 Å². The van der Waals surface area contributed by atoms with Crippen molar-refractivity contribution < 1.29 is 26.1 Å². The molecule has 0 N–H and O–H groups in total. The summed E-state index contributed by atoms with van der Waals surface area (Å²) in [6.07, 6.45) is 6.69. The first-order valence-corrected chi connectivity index (χ1v) is 18.7. The molecule has 2 heterocycles. The highest BCUT2D eigenvalue weighted by Crippen LogP contribution is 2.51.